The van der Waals surface area contributed by atoms with Crippen LogP contribution in [0.1, 0.15) is 24.1 Å². The van der Waals surface area contributed by atoms with Gasteiger partial charge < -0.3 is 14.4 Å². The largest absolute Gasteiger partial charge is 0.416 e. The summed E-state index contributed by atoms with van der Waals surface area (Å²) in [6.45, 7) is 1.31. The van der Waals surface area contributed by atoms with Crippen LogP contribution in [-0.2, 0) is 16.8 Å². The zero-order chi connectivity index (χ0) is 24.5. The fourth-order valence-electron chi connectivity index (χ4n) is 3.08. The van der Waals surface area contributed by atoms with E-state index in [9.17, 15) is 26.8 Å². The first-order chi connectivity index (χ1) is 15.4. The van der Waals surface area contributed by atoms with Gasteiger partial charge in [0.2, 0.25) is 5.82 Å². The summed E-state index contributed by atoms with van der Waals surface area (Å²) in [4.78, 5) is 26.6. The summed E-state index contributed by atoms with van der Waals surface area (Å²) in [5.41, 5.74) is -0.0153. The van der Waals surface area contributed by atoms with Crippen molar-refractivity contribution < 1.29 is 36.3 Å². The molecule has 178 valence electrons. The molecular formula is C20H22F2N4O6S. The number of nitrogens with one attached hydrogen (secondary N) is 2. The van der Waals surface area contributed by atoms with E-state index >= 15 is 0 Å². The van der Waals surface area contributed by atoms with Crippen molar-refractivity contribution in [1.29, 1.82) is 0 Å². The molecule has 0 saturated carbocycles. The molecule has 0 unspecified atom stereocenters. The van der Waals surface area contributed by atoms with Crippen LogP contribution in [0, 0.1) is 11.6 Å². The van der Waals surface area contributed by atoms with Crippen LogP contribution in [0.15, 0.2) is 30.3 Å². The molecule has 3 rings (SSSR count). The van der Waals surface area contributed by atoms with E-state index in [4.69, 9.17) is 9.47 Å². The number of amides is 2. The van der Waals surface area contributed by atoms with Gasteiger partial charge in [0.1, 0.15) is 0 Å². The zero-order valence-corrected chi connectivity index (χ0v) is 19.0. The monoisotopic (exact) mass is 484 g/mol. The van der Waals surface area contributed by atoms with Crippen LogP contribution in [0.25, 0.3) is 0 Å². The molecule has 2 aromatic rings. The van der Waals surface area contributed by atoms with E-state index in [0.29, 0.717) is 0 Å². The van der Waals surface area contributed by atoms with E-state index < -0.39 is 45.8 Å². The third-order valence-electron chi connectivity index (χ3n) is 4.93. The highest BCUT2D eigenvalue weighted by molar-refractivity contribution is 7.90. The van der Waals surface area contributed by atoms with Gasteiger partial charge in [0, 0.05) is 32.3 Å². The molecule has 0 aromatic heterocycles. The number of carbonyl (C=O) groups excluding carboxylic acids is 2. The fourth-order valence-corrected chi connectivity index (χ4v) is 3.63. The maximum absolute atomic E-state index is 14.9. The van der Waals surface area contributed by atoms with Crippen LogP contribution in [0.5, 0.6) is 11.5 Å². The summed E-state index contributed by atoms with van der Waals surface area (Å²) in [6.07, 6.45) is -1.76. The van der Waals surface area contributed by atoms with Gasteiger partial charge in [0.05, 0.1) is 18.3 Å². The van der Waals surface area contributed by atoms with Gasteiger partial charge in [-0.3, -0.25) is 9.62 Å². The molecule has 1 atom stereocenters. The van der Waals surface area contributed by atoms with Crippen molar-refractivity contribution in [3.8, 4) is 11.5 Å². The number of rotatable bonds is 6. The third-order valence-corrected chi connectivity index (χ3v) is 5.95. The lowest BCUT2D eigenvalue weighted by Crippen LogP contribution is -2.40. The van der Waals surface area contributed by atoms with Gasteiger partial charge in [0.25, 0.3) is 10.2 Å². The molecule has 1 heterocycles. The second-order valence-corrected chi connectivity index (χ2v) is 8.94. The van der Waals surface area contributed by atoms with E-state index in [2.05, 4.69) is 0 Å². The van der Waals surface area contributed by atoms with Crippen molar-refractivity contribution in [3.63, 3.8) is 0 Å². The predicted octanol–water partition coefficient (Wildman–Crippen LogP) is 2.98. The molecule has 2 amide bonds. The normalized spacial score (nSPS) is 15.5. The van der Waals surface area contributed by atoms with Crippen molar-refractivity contribution in [3.05, 3.63) is 53.1 Å². The topological polar surface area (TPSA) is 117 Å². The lowest BCUT2D eigenvalue weighted by atomic mass is 10.0. The van der Waals surface area contributed by atoms with E-state index in [1.54, 1.807) is 6.92 Å². The van der Waals surface area contributed by atoms with Crippen molar-refractivity contribution in [2.45, 2.75) is 19.5 Å². The predicted molar refractivity (Wildman–Crippen MR) is 114 cm³/mol. The lowest BCUT2D eigenvalue weighted by Gasteiger charge is -2.34. The summed E-state index contributed by atoms with van der Waals surface area (Å²) in [5, 5.41) is 0. The summed E-state index contributed by atoms with van der Waals surface area (Å²) >= 11 is 0. The summed E-state index contributed by atoms with van der Waals surface area (Å²) in [7, 11) is 0.0645. The number of halogens is 2. The second-order valence-electron chi connectivity index (χ2n) is 7.32. The smallest absolute Gasteiger partial charge is 0.407 e. The van der Waals surface area contributed by atoms with E-state index in [-0.39, 0.29) is 29.1 Å². The molecule has 1 aliphatic heterocycles. The molecule has 10 nitrogen and oxygen atoms in total. The van der Waals surface area contributed by atoms with Gasteiger partial charge in [-0.2, -0.15) is 12.8 Å². The van der Waals surface area contributed by atoms with E-state index in [1.807, 2.05) is 9.44 Å². The summed E-state index contributed by atoms with van der Waals surface area (Å²) in [5.74, 6) is -2.68. The van der Waals surface area contributed by atoms with Gasteiger partial charge in [-0.1, -0.05) is 12.1 Å². The van der Waals surface area contributed by atoms with Crippen molar-refractivity contribution in [2.24, 2.45) is 0 Å². The Morgan fingerprint density at radius 2 is 1.91 bits per heavy atom. The van der Waals surface area contributed by atoms with Crippen molar-refractivity contribution in [2.75, 3.05) is 25.9 Å². The highest BCUT2D eigenvalue weighted by Crippen LogP contribution is 2.41. The first-order valence-corrected chi connectivity index (χ1v) is 11.1. The Morgan fingerprint density at radius 1 is 1.21 bits per heavy atom. The fraction of sp³-hybridized carbons (Fsp3) is 0.300. The van der Waals surface area contributed by atoms with Crippen LogP contribution in [-0.4, -0.2) is 51.5 Å². The first kappa shape index (κ1) is 24.2. The molecule has 33 heavy (non-hydrogen) atoms. The molecule has 1 aliphatic rings. The van der Waals surface area contributed by atoms with Crippen molar-refractivity contribution in [1.82, 2.24) is 14.5 Å². The van der Waals surface area contributed by atoms with Crippen LogP contribution in [0.4, 0.5) is 24.1 Å². The van der Waals surface area contributed by atoms with Crippen LogP contribution in [0.3, 0.4) is 0 Å². The summed E-state index contributed by atoms with van der Waals surface area (Å²) in [6, 6.07) is 5.97. The quantitative estimate of drug-likeness (QED) is 0.651. The van der Waals surface area contributed by atoms with Crippen molar-refractivity contribution >= 4 is 28.1 Å². The number of carbonyl (C=O) groups is 2. The highest BCUT2D eigenvalue weighted by Gasteiger charge is 2.35. The maximum atomic E-state index is 14.9. The standard InChI is InChI=1S/C20H22F2N4O6S/c1-11-13-8-9-15(31-19(27)25(3)4)17(22)18(13)32-20(28)26(11)10-12-6-5-7-14(16(12)21)24-33(29,30)23-2/h5-9,11,23-24H,10H2,1-4H3/t11-/m0/s1. The Kier molecular flexibility index (Phi) is 6.74. The van der Waals surface area contributed by atoms with Crippen LogP contribution in [0.2, 0.25) is 0 Å². The molecule has 0 spiro atoms. The average Bonchev–Trinajstić information content (AvgIpc) is 2.75. The Bertz CT molecular complexity index is 1210. The molecule has 0 aliphatic carbocycles. The molecule has 2 N–H and O–H groups in total. The SMILES string of the molecule is CNS(=O)(=O)Nc1cccc(CN2C(=O)Oc3c(ccc(OC(=O)N(C)C)c3F)[C@@H]2C)c1F. The number of anilines is 1. The minimum Gasteiger partial charge on any atom is -0.407 e. The summed E-state index contributed by atoms with van der Waals surface area (Å²) < 4.78 is 67.3. The molecule has 13 heteroatoms. The van der Waals surface area contributed by atoms with E-state index in [1.165, 1.54) is 51.5 Å². The minimum absolute atomic E-state index is 0.00978. The Morgan fingerprint density at radius 3 is 2.55 bits per heavy atom. The zero-order valence-electron chi connectivity index (χ0n) is 18.2. The highest BCUT2D eigenvalue weighted by atomic mass is 32.2. The lowest BCUT2D eigenvalue weighted by molar-refractivity contribution is 0.113. The molecule has 0 saturated heterocycles. The number of fused-ring (bicyclic) bond motifs is 1. The number of hydrogen-bond donors (Lipinski definition) is 2. The van der Waals surface area contributed by atoms with E-state index in [0.717, 1.165) is 9.80 Å². The average molecular weight is 484 g/mol. The number of hydrogen-bond acceptors (Lipinski definition) is 6. The number of ether oxygens (including phenoxy) is 2. The molecule has 2 aromatic carbocycles. The maximum Gasteiger partial charge on any atom is 0.416 e. The van der Waals surface area contributed by atoms with Crippen LogP contribution >= 0.6 is 0 Å². The van der Waals surface area contributed by atoms with Gasteiger partial charge >= 0.3 is 12.2 Å². The molecule has 0 fully saturated rings. The third kappa shape index (κ3) is 4.98. The molecule has 0 radical (unpaired) electrons. The Labute approximate surface area is 189 Å². The van der Waals surface area contributed by atoms with Gasteiger partial charge in [0.15, 0.2) is 17.3 Å². The number of nitrogens with zero attached hydrogens (tertiary/aromatic N) is 2. The van der Waals surface area contributed by atoms with Gasteiger partial charge in [-0.05, 0) is 25.1 Å². The minimum atomic E-state index is -3.96. The number of benzene rings is 2. The van der Waals surface area contributed by atoms with Gasteiger partial charge in [-0.25, -0.2) is 18.7 Å². The first-order valence-electron chi connectivity index (χ1n) is 9.63. The Balaban J connectivity index is 1.88. The van der Waals surface area contributed by atoms with Gasteiger partial charge in [-0.15, -0.1) is 0 Å². The van der Waals surface area contributed by atoms with Crippen LogP contribution < -0.4 is 18.9 Å². The molecular weight excluding hydrogens is 462 g/mol. The Hall–Kier alpha value is -3.45. The molecule has 0 bridgehead atoms. The second kappa shape index (κ2) is 9.19.